The Bertz CT molecular complexity index is 1580. The van der Waals surface area contributed by atoms with Gasteiger partial charge in [-0.15, -0.1) is 0 Å². The van der Waals surface area contributed by atoms with E-state index in [1.807, 2.05) is 30.3 Å². The normalized spacial score (nSPS) is 22.0. The Morgan fingerprint density at radius 3 is 2.38 bits per heavy atom. The number of halogens is 1. The standard InChI is InChI=1S/C36H44FN3O7/c1-5-45-34(43)30-20-25-19-26(15-16-29(25)46-30)38-32(41)31-27(22-9-7-6-8-10-22)17-18-40(31)33(42)24-13-11-23(12-14-24)28(21-37)39-35(44)47-36(2,3)4/h6-10,15-16,19-20,23-24,27-28,31H,5,11-14,17-18,21H2,1-4H3,(H,38,41)(H,39,44)/t23?,24?,27-,28?,31-/m0/s1. The van der Waals surface area contributed by atoms with E-state index in [0.717, 1.165) is 5.56 Å². The molecule has 10 nitrogen and oxygen atoms in total. The lowest BCUT2D eigenvalue weighted by atomic mass is 9.78. The predicted molar refractivity (Wildman–Crippen MR) is 175 cm³/mol. The van der Waals surface area contributed by atoms with Crippen LogP contribution in [0, 0.1) is 11.8 Å². The number of alkyl halides is 1. The number of esters is 1. The summed E-state index contributed by atoms with van der Waals surface area (Å²) >= 11 is 0. The first-order chi connectivity index (χ1) is 22.5. The van der Waals surface area contributed by atoms with Crippen LogP contribution in [0.4, 0.5) is 14.9 Å². The van der Waals surface area contributed by atoms with Gasteiger partial charge in [0.2, 0.25) is 17.6 Å². The van der Waals surface area contributed by atoms with E-state index in [9.17, 15) is 23.6 Å². The number of alkyl carbamates (subject to hydrolysis) is 1. The summed E-state index contributed by atoms with van der Waals surface area (Å²) in [4.78, 5) is 54.2. The van der Waals surface area contributed by atoms with Crippen molar-refractivity contribution in [1.29, 1.82) is 0 Å². The number of ether oxygens (including phenoxy) is 2. The highest BCUT2D eigenvalue weighted by Crippen LogP contribution is 2.39. The molecule has 2 fully saturated rings. The molecule has 0 spiro atoms. The Labute approximate surface area is 274 Å². The van der Waals surface area contributed by atoms with E-state index < -0.39 is 36.4 Å². The lowest BCUT2D eigenvalue weighted by Gasteiger charge is -2.36. The number of furan rings is 1. The Morgan fingerprint density at radius 1 is 1.00 bits per heavy atom. The minimum atomic E-state index is -0.731. The molecule has 1 aliphatic heterocycles. The number of anilines is 1. The molecule has 11 heteroatoms. The van der Waals surface area contributed by atoms with Gasteiger partial charge in [-0.3, -0.25) is 9.59 Å². The number of hydrogen-bond donors (Lipinski definition) is 2. The smallest absolute Gasteiger partial charge is 0.407 e. The summed E-state index contributed by atoms with van der Waals surface area (Å²) in [7, 11) is 0. The molecule has 2 aliphatic rings. The van der Waals surface area contributed by atoms with Crippen LogP contribution in [-0.2, 0) is 19.1 Å². The molecular formula is C36H44FN3O7. The van der Waals surface area contributed by atoms with E-state index in [1.165, 1.54) is 0 Å². The molecule has 1 aromatic heterocycles. The fraction of sp³-hybridized carbons (Fsp3) is 0.500. The number of nitrogens with one attached hydrogen (secondary N) is 2. The highest BCUT2D eigenvalue weighted by Gasteiger charge is 2.45. The van der Waals surface area contributed by atoms with Crippen molar-refractivity contribution in [2.24, 2.45) is 11.8 Å². The second-order valence-corrected chi connectivity index (χ2v) is 13.4. The molecule has 1 saturated carbocycles. The molecule has 0 radical (unpaired) electrons. The van der Waals surface area contributed by atoms with Crippen molar-refractivity contribution in [2.45, 2.75) is 83.4 Å². The fourth-order valence-corrected chi connectivity index (χ4v) is 6.80. The summed E-state index contributed by atoms with van der Waals surface area (Å²) in [5.74, 6) is -1.48. The third-order valence-electron chi connectivity index (χ3n) is 9.00. The van der Waals surface area contributed by atoms with Crippen molar-refractivity contribution in [1.82, 2.24) is 10.2 Å². The van der Waals surface area contributed by atoms with Gasteiger partial charge in [0.15, 0.2) is 0 Å². The molecule has 2 N–H and O–H groups in total. The number of amides is 3. The second-order valence-electron chi connectivity index (χ2n) is 13.4. The molecule has 3 aromatic rings. The largest absolute Gasteiger partial charge is 0.460 e. The van der Waals surface area contributed by atoms with E-state index in [1.54, 1.807) is 56.9 Å². The number of likely N-dealkylation sites (tertiary alicyclic amines) is 1. The summed E-state index contributed by atoms with van der Waals surface area (Å²) in [6.07, 6.45) is 2.21. The first-order valence-electron chi connectivity index (χ1n) is 16.4. The number of nitrogens with zero attached hydrogens (tertiary/aromatic N) is 1. The zero-order chi connectivity index (χ0) is 33.7. The number of carbonyl (C=O) groups is 4. The van der Waals surface area contributed by atoms with Gasteiger partial charge in [-0.05, 0) is 95.5 Å². The van der Waals surface area contributed by atoms with Crippen molar-refractivity contribution in [2.75, 3.05) is 25.1 Å². The van der Waals surface area contributed by atoms with Crippen LogP contribution in [0.1, 0.15) is 81.8 Å². The maximum absolute atomic E-state index is 14.0. The molecule has 252 valence electrons. The van der Waals surface area contributed by atoms with Crippen LogP contribution in [0.3, 0.4) is 0 Å². The highest BCUT2D eigenvalue weighted by molar-refractivity contribution is 6.00. The van der Waals surface area contributed by atoms with E-state index in [-0.39, 0.29) is 41.9 Å². The number of rotatable bonds is 9. The minimum absolute atomic E-state index is 0.0789. The summed E-state index contributed by atoms with van der Waals surface area (Å²) in [6.45, 7) is 6.92. The van der Waals surface area contributed by atoms with Crippen LogP contribution < -0.4 is 10.6 Å². The van der Waals surface area contributed by atoms with Crippen molar-refractivity contribution < 1.29 is 37.5 Å². The van der Waals surface area contributed by atoms with Gasteiger partial charge in [0.1, 0.15) is 23.9 Å². The maximum Gasteiger partial charge on any atom is 0.407 e. The number of carbonyl (C=O) groups excluding carboxylic acids is 4. The third-order valence-corrected chi connectivity index (χ3v) is 9.00. The van der Waals surface area contributed by atoms with Crippen LogP contribution in [0.15, 0.2) is 59.0 Å². The molecular weight excluding hydrogens is 605 g/mol. The number of fused-ring (bicyclic) bond motifs is 1. The van der Waals surface area contributed by atoms with Gasteiger partial charge in [-0.2, -0.15) is 0 Å². The van der Waals surface area contributed by atoms with Gasteiger partial charge >= 0.3 is 12.1 Å². The van der Waals surface area contributed by atoms with E-state index in [2.05, 4.69) is 10.6 Å². The summed E-state index contributed by atoms with van der Waals surface area (Å²) in [5, 5.41) is 6.31. The van der Waals surface area contributed by atoms with Crippen LogP contribution in [0.2, 0.25) is 0 Å². The monoisotopic (exact) mass is 649 g/mol. The lowest BCUT2D eigenvalue weighted by Crippen LogP contribution is -2.49. The highest BCUT2D eigenvalue weighted by atomic mass is 19.1. The van der Waals surface area contributed by atoms with E-state index in [4.69, 9.17) is 13.9 Å². The van der Waals surface area contributed by atoms with Crippen molar-refractivity contribution in [3.63, 3.8) is 0 Å². The Hall–Kier alpha value is -4.41. The molecule has 1 saturated heterocycles. The van der Waals surface area contributed by atoms with Crippen molar-refractivity contribution >= 4 is 40.5 Å². The summed E-state index contributed by atoms with van der Waals surface area (Å²) in [5.41, 5.74) is 1.29. The molecule has 3 atom stereocenters. The third kappa shape index (κ3) is 8.12. The minimum Gasteiger partial charge on any atom is -0.460 e. The first-order valence-corrected chi connectivity index (χ1v) is 16.4. The molecule has 1 unspecified atom stereocenters. The van der Waals surface area contributed by atoms with Crippen LogP contribution in [0.25, 0.3) is 11.0 Å². The SMILES string of the molecule is CCOC(=O)c1cc2cc(NC(=O)[C@@H]3[C@H](c4ccccc4)CCN3C(=O)C3CCC(C(CF)NC(=O)OC(C)(C)C)CC3)ccc2o1. The molecule has 47 heavy (non-hydrogen) atoms. The van der Waals surface area contributed by atoms with Crippen molar-refractivity contribution in [3.8, 4) is 0 Å². The number of benzene rings is 2. The quantitative estimate of drug-likeness (QED) is 0.250. The molecule has 1 aliphatic carbocycles. The van der Waals surface area contributed by atoms with Crippen LogP contribution in [-0.4, -0.2) is 66.3 Å². The average molecular weight is 650 g/mol. The molecule has 3 amide bonds. The van der Waals surface area contributed by atoms with E-state index >= 15 is 0 Å². The molecule has 5 rings (SSSR count). The van der Waals surface area contributed by atoms with Crippen molar-refractivity contribution in [3.05, 3.63) is 65.9 Å². The molecule has 2 aromatic carbocycles. The van der Waals surface area contributed by atoms with E-state index in [0.29, 0.717) is 55.3 Å². The number of hydrogen-bond acceptors (Lipinski definition) is 7. The topological polar surface area (TPSA) is 127 Å². The first kappa shape index (κ1) is 33.9. The van der Waals surface area contributed by atoms with Gasteiger partial charge < -0.3 is 29.4 Å². The van der Waals surface area contributed by atoms with Gasteiger partial charge in [0.05, 0.1) is 12.6 Å². The Kier molecular flexibility index (Phi) is 10.5. The van der Waals surface area contributed by atoms with Crippen LogP contribution in [0.5, 0.6) is 0 Å². The zero-order valence-corrected chi connectivity index (χ0v) is 27.4. The van der Waals surface area contributed by atoms with Gasteiger partial charge in [0, 0.05) is 29.5 Å². The maximum atomic E-state index is 14.0. The summed E-state index contributed by atoms with van der Waals surface area (Å²) in [6, 6.07) is 15.0. The Morgan fingerprint density at radius 2 is 1.72 bits per heavy atom. The average Bonchev–Trinajstić information content (AvgIpc) is 3.68. The second kappa shape index (κ2) is 14.6. The zero-order valence-electron chi connectivity index (χ0n) is 27.4. The predicted octanol–water partition coefficient (Wildman–Crippen LogP) is 6.60. The summed E-state index contributed by atoms with van der Waals surface area (Å²) < 4.78 is 30.0. The Balaban J connectivity index is 1.29. The van der Waals surface area contributed by atoms with Crippen LogP contribution >= 0.6 is 0 Å². The fourth-order valence-electron chi connectivity index (χ4n) is 6.80. The molecule has 2 heterocycles. The van der Waals surface area contributed by atoms with Gasteiger partial charge in [0.25, 0.3) is 0 Å². The molecule has 0 bridgehead atoms. The lowest BCUT2D eigenvalue weighted by molar-refractivity contribution is -0.141. The van der Waals surface area contributed by atoms with Gasteiger partial charge in [-0.25, -0.2) is 14.0 Å². The van der Waals surface area contributed by atoms with Gasteiger partial charge in [-0.1, -0.05) is 30.3 Å².